The maximum Gasteiger partial charge on any atom is 0.224 e. The van der Waals surface area contributed by atoms with Gasteiger partial charge in [0.25, 0.3) is 0 Å². The molecular weight excluding hydrogens is 152 g/mol. The molecular formula is C9H18N2O. The number of hydrogen-bond acceptors (Lipinski definition) is 2. The minimum Gasteiger partial charge on any atom is -0.359 e. The highest BCUT2D eigenvalue weighted by atomic mass is 16.1. The summed E-state index contributed by atoms with van der Waals surface area (Å²) in [5, 5.41) is 6.07. The zero-order chi connectivity index (χ0) is 9.14. The number of hydrogen-bond donors (Lipinski definition) is 2. The van der Waals surface area contributed by atoms with Crippen LogP contribution in [-0.4, -0.2) is 25.5 Å². The molecule has 2 unspecified atom stereocenters. The van der Waals surface area contributed by atoms with E-state index in [0.29, 0.717) is 12.0 Å². The molecule has 1 aliphatic heterocycles. The van der Waals surface area contributed by atoms with E-state index in [1.54, 1.807) is 7.05 Å². The molecule has 2 atom stereocenters. The van der Waals surface area contributed by atoms with Crippen LogP contribution in [0.3, 0.4) is 0 Å². The second-order valence-corrected chi connectivity index (χ2v) is 3.73. The van der Waals surface area contributed by atoms with Gasteiger partial charge in [-0.2, -0.15) is 0 Å². The predicted molar refractivity (Wildman–Crippen MR) is 48.8 cm³/mol. The number of rotatable bonds is 2. The first-order valence-corrected chi connectivity index (χ1v) is 4.61. The van der Waals surface area contributed by atoms with Crippen molar-refractivity contribution < 1.29 is 4.79 Å². The first-order chi connectivity index (χ1) is 5.66. The summed E-state index contributed by atoms with van der Waals surface area (Å²) in [6, 6.07) is 0.366. The van der Waals surface area contributed by atoms with Crippen molar-refractivity contribution in [2.45, 2.75) is 26.3 Å². The Labute approximate surface area is 73.9 Å². The van der Waals surface area contributed by atoms with Gasteiger partial charge in [-0.15, -0.1) is 0 Å². The van der Waals surface area contributed by atoms with Crippen LogP contribution >= 0.6 is 0 Å². The summed E-state index contributed by atoms with van der Waals surface area (Å²) in [5.74, 6) is 0.892. The van der Waals surface area contributed by atoms with Crippen molar-refractivity contribution >= 4 is 5.91 Å². The van der Waals surface area contributed by atoms with E-state index < -0.39 is 0 Å². The predicted octanol–water partition coefficient (Wildman–Crippen LogP) is 0.366. The van der Waals surface area contributed by atoms with Crippen LogP contribution in [0.5, 0.6) is 0 Å². The smallest absolute Gasteiger partial charge is 0.224 e. The summed E-state index contributed by atoms with van der Waals surface area (Å²) in [6.07, 6.45) is 0.975. The van der Waals surface area contributed by atoms with E-state index in [1.807, 2.05) is 0 Å². The van der Waals surface area contributed by atoms with Crippen LogP contribution in [0.4, 0.5) is 0 Å². The van der Waals surface area contributed by atoms with Gasteiger partial charge in [0.2, 0.25) is 5.91 Å². The molecule has 70 valence electrons. The molecule has 1 rings (SSSR count). The third-order valence-electron chi connectivity index (χ3n) is 2.57. The Morgan fingerprint density at radius 3 is 2.75 bits per heavy atom. The highest BCUT2D eigenvalue weighted by molar-refractivity contribution is 5.79. The Morgan fingerprint density at radius 1 is 1.58 bits per heavy atom. The third-order valence-corrected chi connectivity index (χ3v) is 2.57. The normalized spacial score (nSPS) is 29.3. The second kappa shape index (κ2) is 3.90. The Kier molecular flexibility index (Phi) is 3.09. The quantitative estimate of drug-likeness (QED) is 0.628. The molecule has 0 aromatic carbocycles. The summed E-state index contributed by atoms with van der Waals surface area (Å²) in [5.41, 5.74) is 0. The SMILES string of the molecule is CNC(=O)C1CCNC1C(C)C. The molecule has 3 nitrogen and oxygen atoms in total. The van der Waals surface area contributed by atoms with Gasteiger partial charge in [0.1, 0.15) is 0 Å². The lowest BCUT2D eigenvalue weighted by atomic mass is 9.91. The lowest BCUT2D eigenvalue weighted by Crippen LogP contribution is -2.39. The molecule has 2 N–H and O–H groups in total. The van der Waals surface area contributed by atoms with E-state index in [2.05, 4.69) is 24.5 Å². The van der Waals surface area contributed by atoms with Gasteiger partial charge in [0.05, 0.1) is 5.92 Å². The van der Waals surface area contributed by atoms with Crippen LogP contribution < -0.4 is 10.6 Å². The molecule has 0 radical (unpaired) electrons. The van der Waals surface area contributed by atoms with E-state index >= 15 is 0 Å². The number of carbonyl (C=O) groups is 1. The molecule has 0 spiro atoms. The van der Waals surface area contributed by atoms with Gasteiger partial charge in [-0.25, -0.2) is 0 Å². The fraction of sp³-hybridized carbons (Fsp3) is 0.889. The van der Waals surface area contributed by atoms with Crippen molar-refractivity contribution in [3.63, 3.8) is 0 Å². The molecule has 12 heavy (non-hydrogen) atoms. The summed E-state index contributed by atoms with van der Waals surface area (Å²) in [6.45, 7) is 5.28. The Balaban J connectivity index is 2.57. The maximum absolute atomic E-state index is 11.4. The fourth-order valence-corrected chi connectivity index (χ4v) is 1.91. The van der Waals surface area contributed by atoms with Gasteiger partial charge in [-0.3, -0.25) is 4.79 Å². The summed E-state index contributed by atoms with van der Waals surface area (Å²) in [7, 11) is 1.71. The van der Waals surface area contributed by atoms with Crippen LogP contribution in [0.1, 0.15) is 20.3 Å². The fourth-order valence-electron chi connectivity index (χ4n) is 1.91. The van der Waals surface area contributed by atoms with E-state index in [4.69, 9.17) is 0 Å². The standard InChI is InChI=1S/C9H18N2O/c1-6(2)8-7(4-5-11-8)9(12)10-3/h6-8,11H,4-5H2,1-3H3,(H,10,12). The monoisotopic (exact) mass is 170 g/mol. The van der Waals surface area contributed by atoms with Crippen molar-refractivity contribution in [1.82, 2.24) is 10.6 Å². The Hall–Kier alpha value is -0.570. The summed E-state index contributed by atoms with van der Waals surface area (Å²) >= 11 is 0. The molecule has 1 saturated heterocycles. The van der Waals surface area contributed by atoms with E-state index in [9.17, 15) is 4.79 Å². The van der Waals surface area contributed by atoms with Crippen LogP contribution in [0.15, 0.2) is 0 Å². The average Bonchev–Trinajstić information content (AvgIpc) is 2.50. The van der Waals surface area contributed by atoms with Crippen molar-refractivity contribution in [3.8, 4) is 0 Å². The molecule has 0 aromatic heterocycles. The highest BCUT2D eigenvalue weighted by Gasteiger charge is 2.33. The molecule has 0 saturated carbocycles. The number of carbonyl (C=O) groups excluding carboxylic acids is 1. The molecule has 3 heteroatoms. The summed E-state index contributed by atoms with van der Waals surface area (Å²) in [4.78, 5) is 11.4. The molecule has 0 aliphatic carbocycles. The van der Waals surface area contributed by atoms with Gasteiger partial charge in [-0.1, -0.05) is 13.8 Å². The number of amides is 1. The van der Waals surface area contributed by atoms with E-state index in [0.717, 1.165) is 13.0 Å². The molecule has 1 fully saturated rings. The first kappa shape index (κ1) is 9.52. The van der Waals surface area contributed by atoms with Gasteiger partial charge < -0.3 is 10.6 Å². The first-order valence-electron chi connectivity index (χ1n) is 4.61. The zero-order valence-corrected chi connectivity index (χ0v) is 8.05. The minimum absolute atomic E-state index is 0.176. The van der Waals surface area contributed by atoms with Gasteiger partial charge in [0, 0.05) is 13.1 Å². The highest BCUT2D eigenvalue weighted by Crippen LogP contribution is 2.21. The van der Waals surface area contributed by atoms with Crippen LogP contribution in [0, 0.1) is 11.8 Å². The van der Waals surface area contributed by atoms with Crippen molar-refractivity contribution in [2.75, 3.05) is 13.6 Å². The number of nitrogens with one attached hydrogen (secondary N) is 2. The molecule has 1 amide bonds. The van der Waals surface area contributed by atoms with Crippen molar-refractivity contribution in [2.24, 2.45) is 11.8 Å². The molecule has 0 bridgehead atoms. The third kappa shape index (κ3) is 1.78. The second-order valence-electron chi connectivity index (χ2n) is 3.73. The zero-order valence-electron chi connectivity index (χ0n) is 8.05. The summed E-state index contributed by atoms with van der Waals surface area (Å²) < 4.78 is 0. The molecule has 0 aromatic rings. The minimum atomic E-state index is 0.176. The van der Waals surface area contributed by atoms with Crippen LogP contribution in [0.25, 0.3) is 0 Å². The van der Waals surface area contributed by atoms with Gasteiger partial charge in [0.15, 0.2) is 0 Å². The van der Waals surface area contributed by atoms with Crippen LogP contribution in [0.2, 0.25) is 0 Å². The van der Waals surface area contributed by atoms with E-state index in [-0.39, 0.29) is 11.8 Å². The average molecular weight is 170 g/mol. The van der Waals surface area contributed by atoms with Gasteiger partial charge >= 0.3 is 0 Å². The molecule has 1 heterocycles. The molecule has 1 aliphatic rings. The maximum atomic E-state index is 11.4. The van der Waals surface area contributed by atoms with Gasteiger partial charge in [-0.05, 0) is 18.9 Å². The Bertz CT molecular complexity index is 168. The topological polar surface area (TPSA) is 41.1 Å². The van der Waals surface area contributed by atoms with E-state index in [1.165, 1.54) is 0 Å². The van der Waals surface area contributed by atoms with Crippen LogP contribution in [-0.2, 0) is 4.79 Å². The van der Waals surface area contributed by atoms with Crippen molar-refractivity contribution in [1.29, 1.82) is 0 Å². The lowest BCUT2D eigenvalue weighted by molar-refractivity contribution is -0.125. The van der Waals surface area contributed by atoms with Crippen molar-refractivity contribution in [3.05, 3.63) is 0 Å². The largest absolute Gasteiger partial charge is 0.359 e. The lowest BCUT2D eigenvalue weighted by Gasteiger charge is -2.21. The Morgan fingerprint density at radius 2 is 2.25 bits per heavy atom.